The summed E-state index contributed by atoms with van der Waals surface area (Å²) in [4.78, 5) is 13.8. The molecule has 0 bridgehead atoms. The minimum atomic E-state index is 0.164. The van der Waals surface area contributed by atoms with Gasteiger partial charge in [0.25, 0.3) is 0 Å². The number of likely N-dealkylation sites (tertiary alicyclic amines) is 1. The summed E-state index contributed by atoms with van der Waals surface area (Å²) in [6, 6.07) is 0. The fourth-order valence-electron chi connectivity index (χ4n) is 1.98. The van der Waals surface area contributed by atoms with Crippen LogP contribution in [0.3, 0.4) is 0 Å². The van der Waals surface area contributed by atoms with E-state index in [0.29, 0.717) is 13.1 Å². The zero-order valence-corrected chi connectivity index (χ0v) is 10.8. The summed E-state index contributed by atoms with van der Waals surface area (Å²) in [7, 11) is 0. The van der Waals surface area contributed by atoms with Crippen molar-refractivity contribution in [2.75, 3.05) is 32.8 Å². The number of nitrogens with one attached hydrogen (secondary N) is 1. The lowest BCUT2D eigenvalue weighted by Crippen LogP contribution is -2.46. The number of ether oxygens (including phenoxy) is 1. The molecule has 1 aliphatic heterocycles. The van der Waals surface area contributed by atoms with Crippen LogP contribution in [0.15, 0.2) is 12.7 Å². The summed E-state index contributed by atoms with van der Waals surface area (Å²) in [5, 5.41) is 3.04. The number of carbonyl (C=O) groups excluding carboxylic acids is 1. The fourth-order valence-corrected chi connectivity index (χ4v) is 1.98. The summed E-state index contributed by atoms with van der Waals surface area (Å²) < 4.78 is 5.71. The van der Waals surface area contributed by atoms with Crippen molar-refractivity contribution < 1.29 is 9.53 Å². The molecule has 1 heterocycles. The summed E-state index contributed by atoms with van der Waals surface area (Å²) in [5.74, 6) is 0.164. The molecule has 4 nitrogen and oxygen atoms in total. The first-order chi connectivity index (χ1) is 8.27. The molecule has 0 spiro atoms. The van der Waals surface area contributed by atoms with Gasteiger partial charge in [0, 0.05) is 26.2 Å². The Bertz CT molecular complexity index is 244. The molecule has 1 aliphatic rings. The number of hydrogen-bond donors (Lipinski definition) is 1. The molecule has 1 unspecified atom stereocenters. The normalized spacial score (nSPS) is 20.3. The Morgan fingerprint density at radius 2 is 2.47 bits per heavy atom. The smallest absolute Gasteiger partial charge is 0.236 e. The van der Waals surface area contributed by atoms with Gasteiger partial charge < -0.3 is 15.0 Å². The maximum absolute atomic E-state index is 11.9. The third kappa shape index (κ3) is 5.33. The summed E-state index contributed by atoms with van der Waals surface area (Å²) >= 11 is 0. The van der Waals surface area contributed by atoms with E-state index >= 15 is 0 Å². The largest absolute Gasteiger partial charge is 0.376 e. The van der Waals surface area contributed by atoms with Gasteiger partial charge >= 0.3 is 0 Å². The average molecular weight is 240 g/mol. The third-order valence-electron chi connectivity index (χ3n) is 2.85. The van der Waals surface area contributed by atoms with Crippen LogP contribution in [0.5, 0.6) is 0 Å². The van der Waals surface area contributed by atoms with Gasteiger partial charge in [0.1, 0.15) is 0 Å². The molecule has 1 N–H and O–H groups in total. The molecule has 0 aliphatic carbocycles. The van der Waals surface area contributed by atoms with Crippen LogP contribution in [0.4, 0.5) is 0 Å². The summed E-state index contributed by atoms with van der Waals surface area (Å²) in [6.07, 6.45) is 5.14. The van der Waals surface area contributed by atoms with E-state index in [0.717, 1.165) is 39.0 Å². The Kier molecular flexibility index (Phi) is 6.89. The van der Waals surface area contributed by atoms with Crippen molar-refractivity contribution in [3.05, 3.63) is 12.7 Å². The number of amides is 1. The second-order valence-corrected chi connectivity index (χ2v) is 4.39. The van der Waals surface area contributed by atoms with E-state index in [1.807, 2.05) is 4.90 Å². The van der Waals surface area contributed by atoms with Crippen molar-refractivity contribution in [3.8, 4) is 0 Å². The molecule has 1 fully saturated rings. The SMILES string of the molecule is C=CCNCC(=O)N1CCCC(OCCC)C1. The molecule has 1 rings (SSSR count). The predicted octanol–water partition coefficient (Wildman–Crippen LogP) is 1.18. The van der Waals surface area contributed by atoms with Crippen LogP contribution < -0.4 is 5.32 Å². The van der Waals surface area contributed by atoms with E-state index in [1.54, 1.807) is 6.08 Å². The van der Waals surface area contributed by atoms with Gasteiger partial charge in [0.2, 0.25) is 5.91 Å². The van der Waals surface area contributed by atoms with E-state index in [9.17, 15) is 4.79 Å². The van der Waals surface area contributed by atoms with E-state index in [4.69, 9.17) is 4.74 Å². The van der Waals surface area contributed by atoms with Crippen molar-refractivity contribution in [1.82, 2.24) is 10.2 Å². The van der Waals surface area contributed by atoms with E-state index in [-0.39, 0.29) is 12.0 Å². The molecule has 1 atom stereocenters. The van der Waals surface area contributed by atoms with Gasteiger partial charge in [-0.25, -0.2) is 0 Å². The Morgan fingerprint density at radius 1 is 1.65 bits per heavy atom. The third-order valence-corrected chi connectivity index (χ3v) is 2.85. The second kappa shape index (κ2) is 8.25. The highest BCUT2D eigenvalue weighted by Crippen LogP contribution is 2.13. The van der Waals surface area contributed by atoms with Crippen LogP contribution in [0.2, 0.25) is 0 Å². The average Bonchev–Trinajstić information content (AvgIpc) is 2.37. The predicted molar refractivity (Wildman–Crippen MR) is 68.9 cm³/mol. The Hall–Kier alpha value is -0.870. The minimum Gasteiger partial charge on any atom is -0.376 e. The maximum atomic E-state index is 11.9. The van der Waals surface area contributed by atoms with Crippen LogP contribution in [0.25, 0.3) is 0 Å². The second-order valence-electron chi connectivity index (χ2n) is 4.39. The lowest BCUT2D eigenvalue weighted by molar-refractivity contribution is -0.134. The first-order valence-corrected chi connectivity index (χ1v) is 6.49. The van der Waals surface area contributed by atoms with E-state index < -0.39 is 0 Å². The van der Waals surface area contributed by atoms with Gasteiger partial charge in [-0.15, -0.1) is 6.58 Å². The molecular formula is C13H24N2O2. The molecule has 0 aromatic heterocycles. The van der Waals surface area contributed by atoms with Crippen LogP contribution in [0.1, 0.15) is 26.2 Å². The molecule has 0 aromatic carbocycles. The van der Waals surface area contributed by atoms with Crippen LogP contribution in [0, 0.1) is 0 Å². The lowest BCUT2D eigenvalue weighted by Gasteiger charge is -2.32. The van der Waals surface area contributed by atoms with E-state index in [1.165, 1.54) is 0 Å². The van der Waals surface area contributed by atoms with Gasteiger partial charge in [-0.1, -0.05) is 13.0 Å². The number of rotatable bonds is 7. The molecule has 0 saturated carbocycles. The number of nitrogens with zero attached hydrogens (tertiary/aromatic N) is 1. The molecule has 0 radical (unpaired) electrons. The van der Waals surface area contributed by atoms with Crippen molar-refractivity contribution in [3.63, 3.8) is 0 Å². The molecule has 0 aromatic rings. The molecule has 1 amide bonds. The van der Waals surface area contributed by atoms with Crippen molar-refractivity contribution >= 4 is 5.91 Å². The number of hydrogen-bond acceptors (Lipinski definition) is 3. The zero-order chi connectivity index (χ0) is 12.5. The highest BCUT2D eigenvalue weighted by atomic mass is 16.5. The Morgan fingerprint density at radius 3 is 3.18 bits per heavy atom. The molecule has 1 saturated heterocycles. The zero-order valence-electron chi connectivity index (χ0n) is 10.8. The van der Waals surface area contributed by atoms with Gasteiger partial charge in [-0.05, 0) is 19.3 Å². The standard InChI is InChI=1S/C13H24N2O2/c1-3-7-14-10-13(16)15-8-5-6-12(11-15)17-9-4-2/h3,12,14H,1,4-11H2,2H3. The molecular weight excluding hydrogens is 216 g/mol. The first kappa shape index (κ1) is 14.2. The van der Waals surface area contributed by atoms with Crippen LogP contribution >= 0.6 is 0 Å². The first-order valence-electron chi connectivity index (χ1n) is 6.49. The van der Waals surface area contributed by atoms with Crippen molar-refractivity contribution in [2.45, 2.75) is 32.3 Å². The van der Waals surface area contributed by atoms with Gasteiger partial charge in [-0.3, -0.25) is 4.79 Å². The lowest BCUT2D eigenvalue weighted by atomic mass is 10.1. The maximum Gasteiger partial charge on any atom is 0.236 e. The minimum absolute atomic E-state index is 0.164. The van der Waals surface area contributed by atoms with Gasteiger partial charge in [0.15, 0.2) is 0 Å². The highest BCUT2D eigenvalue weighted by Gasteiger charge is 2.23. The van der Waals surface area contributed by atoms with Crippen LogP contribution in [-0.4, -0.2) is 49.7 Å². The van der Waals surface area contributed by atoms with E-state index in [2.05, 4.69) is 18.8 Å². The molecule has 17 heavy (non-hydrogen) atoms. The number of piperidine rings is 1. The van der Waals surface area contributed by atoms with Gasteiger partial charge in [-0.2, -0.15) is 0 Å². The monoisotopic (exact) mass is 240 g/mol. The van der Waals surface area contributed by atoms with Crippen molar-refractivity contribution in [1.29, 1.82) is 0 Å². The quantitative estimate of drug-likeness (QED) is 0.537. The Labute approximate surface area is 104 Å². The summed E-state index contributed by atoms with van der Waals surface area (Å²) in [5.41, 5.74) is 0. The fraction of sp³-hybridized carbons (Fsp3) is 0.769. The number of carbonyl (C=O) groups is 1. The molecule has 4 heteroatoms. The van der Waals surface area contributed by atoms with Gasteiger partial charge in [0.05, 0.1) is 12.6 Å². The van der Waals surface area contributed by atoms with Crippen molar-refractivity contribution in [2.24, 2.45) is 0 Å². The Balaban J connectivity index is 2.27. The topological polar surface area (TPSA) is 41.6 Å². The molecule has 98 valence electrons. The summed E-state index contributed by atoms with van der Waals surface area (Å²) in [6.45, 7) is 9.18. The highest BCUT2D eigenvalue weighted by molar-refractivity contribution is 5.78. The van der Waals surface area contributed by atoms with Crippen LogP contribution in [-0.2, 0) is 9.53 Å².